The molecule has 1 heterocycles. The first-order valence-electron chi connectivity index (χ1n) is 2.87. The summed E-state index contributed by atoms with van der Waals surface area (Å²) in [4.78, 5) is 1.75. The molecule has 7 heteroatoms. The van der Waals surface area contributed by atoms with Crippen LogP contribution in [0.1, 0.15) is 0 Å². The molecule has 0 aromatic rings. The molecule has 0 bridgehead atoms. The summed E-state index contributed by atoms with van der Waals surface area (Å²) in [6.07, 6.45) is 0. The van der Waals surface area contributed by atoms with Crippen LogP contribution in [0.5, 0.6) is 0 Å². The van der Waals surface area contributed by atoms with Crippen LogP contribution in [0.15, 0.2) is 4.40 Å². The summed E-state index contributed by atoms with van der Waals surface area (Å²) < 4.78 is 24.3. The van der Waals surface area contributed by atoms with Crippen LogP contribution in [0.4, 0.5) is 0 Å². The van der Waals surface area contributed by atoms with Crippen molar-refractivity contribution in [1.29, 1.82) is 0 Å². The minimum atomic E-state index is -3.74. The van der Waals surface area contributed by atoms with Gasteiger partial charge in [0.25, 0.3) is 0 Å². The second kappa shape index (κ2) is 3.20. The van der Waals surface area contributed by atoms with Gasteiger partial charge in [-0.25, -0.2) is 0 Å². The normalized spacial score (nSPS) is 23.1. The average molecular weight is 215 g/mol. The highest BCUT2D eigenvalue weighted by Crippen LogP contribution is 2.17. The lowest BCUT2D eigenvalue weighted by Gasteiger charge is -2.07. The number of rotatable bonds is 1. The van der Waals surface area contributed by atoms with Gasteiger partial charge in [-0.3, -0.25) is 0 Å². The minimum absolute atomic E-state index is 0.472. The Balaban J connectivity index is 2.82. The standard InChI is InChI=1S/C4H7ClN2O2S2/c1-7-2-3-10-4(7)6-11(5,8)9/h2-3H2,1H3/b6-4-. The van der Waals surface area contributed by atoms with Crippen molar-refractivity contribution in [1.82, 2.24) is 4.90 Å². The van der Waals surface area contributed by atoms with Gasteiger partial charge in [0.2, 0.25) is 0 Å². The Labute approximate surface area is 74.2 Å². The number of thioether (sulfide) groups is 1. The van der Waals surface area contributed by atoms with E-state index in [1.165, 1.54) is 11.8 Å². The first-order valence-corrected chi connectivity index (χ1v) is 6.13. The van der Waals surface area contributed by atoms with Gasteiger partial charge in [0.1, 0.15) is 0 Å². The van der Waals surface area contributed by atoms with E-state index >= 15 is 0 Å². The quantitative estimate of drug-likeness (QED) is 0.597. The Kier molecular flexibility index (Phi) is 2.66. The van der Waals surface area contributed by atoms with Gasteiger partial charge in [-0.15, -0.1) is 4.40 Å². The highest BCUT2D eigenvalue weighted by Gasteiger charge is 2.17. The predicted molar refractivity (Wildman–Crippen MR) is 47.3 cm³/mol. The maximum atomic E-state index is 10.5. The van der Waals surface area contributed by atoms with Crippen molar-refractivity contribution < 1.29 is 8.42 Å². The molecule has 0 saturated carbocycles. The molecule has 11 heavy (non-hydrogen) atoms. The molecule has 0 N–H and O–H groups in total. The van der Waals surface area contributed by atoms with Crippen LogP contribution in [0, 0.1) is 0 Å². The Hall–Kier alpha value is 0.0600. The summed E-state index contributed by atoms with van der Waals surface area (Å²) in [7, 11) is 2.96. The van der Waals surface area contributed by atoms with Crippen molar-refractivity contribution in [2.45, 2.75) is 0 Å². The van der Waals surface area contributed by atoms with Crippen LogP contribution >= 0.6 is 22.4 Å². The van der Waals surface area contributed by atoms with Crippen molar-refractivity contribution in [2.24, 2.45) is 4.40 Å². The summed E-state index contributed by atoms with van der Waals surface area (Å²) in [5.41, 5.74) is 0. The molecular weight excluding hydrogens is 208 g/mol. The lowest BCUT2D eigenvalue weighted by Crippen LogP contribution is -2.18. The molecule has 0 unspecified atom stereocenters. The van der Waals surface area contributed by atoms with Crippen LogP contribution in [-0.4, -0.2) is 37.8 Å². The monoisotopic (exact) mass is 214 g/mol. The lowest BCUT2D eigenvalue weighted by atomic mass is 10.7. The highest BCUT2D eigenvalue weighted by molar-refractivity contribution is 8.17. The number of amidine groups is 1. The largest absolute Gasteiger partial charge is 0.353 e. The van der Waals surface area contributed by atoms with Gasteiger partial charge >= 0.3 is 9.24 Å². The van der Waals surface area contributed by atoms with Gasteiger partial charge in [0, 0.05) is 30.0 Å². The third-order valence-electron chi connectivity index (χ3n) is 1.17. The van der Waals surface area contributed by atoms with Crippen LogP contribution in [-0.2, 0) is 9.24 Å². The van der Waals surface area contributed by atoms with Gasteiger partial charge in [-0.1, -0.05) is 11.8 Å². The summed E-state index contributed by atoms with van der Waals surface area (Å²) in [6, 6.07) is 0. The maximum Gasteiger partial charge on any atom is 0.342 e. The van der Waals surface area contributed by atoms with E-state index in [-0.39, 0.29) is 0 Å². The van der Waals surface area contributed by atoms with Crippen LogP contribution in [0.2, 0.25) is 0 Å². The fourth-order valence-corrected chi connectivity index (χ4v) is 2.68. The maximum absolute atomic E-state index is 10.5. The van der Waals surface area contributed by atoms with Crippen molar-refractivity contribution in [3.63, 3.8) is 0 Å². The van der Waals surface area contributed by atoms with Crippen LogP contribution in [0.25, 0.3) is 0 Å². The molecule has 64 valence electrons. The van der Waals surface area contributed by atoms with Gasteiger partial charge in [0.05, 0.1) is 0 Å². The van der Waals surface area contributed by atoms with E-state index in [4.69, 9.17) is 10.7 Å². The molecule has 0 radical (unpaired) electrons. The Bertz CT molecular complexity index is 274. The zero-order valence-corrected chi connectivity index (χ0v) is 8.21. The van der Waals surface area contributed by atoms with Crippen LogP contribution < -0.4 is 0 Å². The molecule has 1 aliphatic rings. The topological polar surface area (TPSA) is 49.7 Å². The molecule has 0 spiro atoms. The zero-order valence-electron chi connectivity index (χ0n) is 5.82. The van der Waals surface area contributed by atoms with E-state index in [0.29, 0.717) is 5.17 Å². The molecular formula is C4H7ClN2O2S2. The smallest absolute Gasteiger partial charge is 0.342 e. The zero-order chi connectivity index (χ0) is 8.48. The number of nitrogens with zero attached hydrogens (tertiary/aromatic N) is 2. The molecule has 0 aromatic carbocycles. The van der Waals surface area contributed by atoms with Gasteiger partial charge in [0.15, 0.2) is 5.17 Å². The summed E-state index contributed by atoms with van der Waals surface area (Å²) in [6.45, 7) is 0.815. The molecule has 0 aliphatic carbocycles. The highest BCUT2D eigenvalue weighted by atomic mass is 35.7. The van der Waals surface area contributed by atoms with E-state index in [9.17, 15) is 8.42 Å². The Morgan fingerprint density at radius 3 is 2.73 bits per heavy atom. The fourth-order valence-electron chi connectivity index (χ4n) is 0.669. The summed E-state index contributed by atoms with van der Waals surface area (Å²) in [5, 5.41) is 0.472. The first-order chi connectivity index (χ1) is 4.99. The Morgan fingerprint density at radius 2 is 2.36 bits per heavy atom. The third-order valence-corrected chi connectivity index (χ3v) is 2.93. The molecule has 1 fully saturated rings. The van der Waals surface area contributed by atoms with Crippen molar-refractivity contribution >= 4 is 36.8 Å². The molecule has 1 rings (SSSR count). The van der Waals surface area contributed by atoms with Gasteiger partial charge in [-0.2, -0.15) is 8.42 Å². The molecule has 1 saturated heterocycles. The summed E-state index contributed by atoms with van der Waals surface area (Å²) >= 11 is 1.39. The van der Waals surface area contributed by atoms with Crippen molar-refractivity contribution in [3.05, 3.63) is 0 Å². The fraction of sp³-hybridized carbons (Fsp3) is 0.750. The second-order valence-corrected chi connectivity index (χ2v) is 5.29. The third kappa shape index (κ3) is 2.88. The van der Waals surface area contributed by atoms with E-state index in [1.54, 1.807) is 11.9 Å². The average Bonchev–Trinajstić information content (AvgIpc) is 2.12. The van der Waals surface area contributed by atoms with E-state index in [2.05, 4.69) is 4.40 Å². The number of hydrogen-bond donors (Lipinski definition) is 0. The summed E-state index contributed by atoms with van der Waals surface area (Å²) in [5.74, 6) is 0.863. The van der Waals surface area contributed by atoms with Gasteiger partial charge in [-0.05, 0) is 0 Å². The Morgan fingerprint density at radius 1 is 1.73 bits per heavy atom. The van der Waals surface area contributed by atoms with E-state index in [0.717, 1.165) is 12.3 Å². The lowest BCUT2D eigenvalue weighted by molar-refractivity contribution is 0.562. The molecule has 0 amide bonds. The first kappa shape index (κ1) is 9.15. The minimum Gasteiger partial charge on any atom is -0.353 e. The van der Waals surface area contributed by atoms with Crippen molar-refractivity contribution in [2.75, 3.05) is 19.3 Å². The van der Waals surface area contributed by atoms with Gasteiger partial charge < -0.3 is 4.90 Å². The predicted octanol–water partition coefficient (Wildman–Crippen LogP) is 0.505. The van der Waals surface area contributed by atoms with Crippen LogP contribution in [0.3, 0.4) is 0 Å². The second-order valence-electron chi connectivity index (χ2n) is 2.06. The molecule has 4 nitrogen and oxygen atoms in total. The molecule has 0 atom stereocenters. The van der Waals surface area contributed by atoms with E-state index < -0.39 is 9.24 Å². The van der Waals surface area contributed by atoms with Crippen molar-refractivity contribution in [3.8, 4) is 0 Å². The number of hydrogen-bond acceptors (Lipinski definition) is 3. The SMILES string of the molecule is CN1CCS/C1=N\S(=O)(=O)Cl. The van der Waals surface area contributed by atoms with E-state index in [1.807, 2.05) is 0 Å². The number of halogens is 1. The molecule has 0 aromatic heterocycles. The molecule has 1 aliphatic heterocycles.